The molecule has 0 unspecified atom stereocenters. The summed E-state index contributed by atoms with van der Waals surface area (Å²) in [5, 5.41) is 7.96. The van der Waals surface area contributed by atoms with Crippen molar-refractivity contribution in [1.82, 2.24) is 15.1 Å². The minimum Gasteiger partial charge on any atom is -0.338 e. The molecule has 1 aromatic carbocycles. The maximum Gasteiger partial charge on any atom is 0.256 e. The van der Waals surface area contributed by atoms with Gasteiger partial charge in [-0.05, 0) is 24.8 Å². The molecule has 1 amide bonds. The predicted octanol–water partition coefficient (Wildman–Crippen LogP) is 3.21. The number of nitrogens with zero attached hydrogens (tertiary/aromatic N) is 2. The second-order valence-corrected chi connectivity index (χ2v) is 5.88. The van der Waals surface area contributed by atoms with Crippen LogP contribution >= 0.6 is 0 Å². The van der Waals surface area contributed by atoms with Gasteiger partial charge in [-0.1, -0.05) is 31.9 Å². The van der Waals surface area contributed by atoms with Gasteiger partial charge < -0.3 is 4.90 Å². The smallest absolute Gasteiger partial charge is 0.256 e. The van der Waals surface area contributed by atoms with Gasteiger partial charge in [0.15, 0.2) is 0 Å². The number of para-hydroxylation sites is 1. The molecule has 3 rings (SSSR count). The highest BCUT2D eigenvalue weighted by Gasteiger charge is 2.29. The fraction of sp³-hybridized carbons (Fsp3) is 0.500. The van der Waals surface area contributed by atoms with Crippen LogP contribution in [-0.2, 0) is 0 Å². The molecule has 1 fully saturated rings. The van der Waals surface area contributed by atoms with Crippen molar-refractivity contribution in [3.05, 3.63) is 30.0 Å². The molecule has 0 spiro atoms. The van der Waals surface area contributed by atoms with Crippen molar-refractivity contribution in [2.24, 2.45) is 5.92 Å². The monoisotopic (exact) mass is 271 g/mol. The van der Waals surface area contributed by atoms with E-state index in [-0.39, 0.29) is 5.91 Å². The maximum absolute atomic E-state index is 12.8. The molecular weight excluding hydrogens is 250 g/mol. The summed E-state index contributed by atoms with van der Waals surface area (Å²) in [6, 6.07) is 6.13. The average Bonchev–Trinajstić information content (AvgIpc) is 2.94. The van der Waals surface area contributed by atoms with Crippen molar-refractivity contribution in [2.45, 2.75) is 38.6 Å². The Hall–Kier alpha value is -1.84. The summed E-state index contributed by atoms with van der Waals surface area (Å²) < 4.78 is 0. The van der Waals surface area contributed by atoms with Gasteiger partial charge >= 0.3 is 0 Å². The molecule has 0 aliphatic heterocycles. The number of aromatic nitrogens is 2. The quantitative estimate of drug-likeness (QED) is 0.911. The third-order valence-corrected chi connectivity index (χ3v) is 4.59. The van der Waals surface area contributed by atoms with Crippen LogP contribution in [0, 0.1) is 5.92 Å². The Kier molecular flexibility index (Phi) is 3.47. The molecule has 0 radical (unpaired) electrons. The molecule has 1 aliphatic carbocycles. The Morgan fingerprint density at radius 3 is 2.95 bits per heavy atom. The molecule has 1 N–H and O–H groups in total. The molecule has 0 bridgehead atoms. The van der Waals surface area contributed by atoms with E-state index in [1.807, 2.05) is 30.1 Å². The van der Waals surface area contributed by atoms with E-state index in [2.05, 4.69) is 17.1 Å². The van der Waals surface area contributed by atoms with Crippen molar-refractivity contribution in [3.63, 3.8) is 0 Å². The van der Waals surface area contributed by atoms with Crippen LogP contribution in [0.15, 0.2) is 24.4 Å². The number of nitrogens with one attached hydrogen (secondary N) is 1. The van der Waals surface area contributed by atoms with E-state index in [0.29, 0.717) is 12.0 Å². The highest BCUT2D eigenvalue weighted by atomic mass is 16.2. The molecule has 0 saturated heterocycles. The molecule has 4 heteroatoms. The summed E-state index contributed by atoms with van der Waals surface area (Å²) >= 11 is 0. The van der Waals surface area contributed by atoms with Crippen LogP contribution in [0.4, 0.5) is 0 Å². The fourth-order valence-electron chi connectivity index (χ4n) is 3.36. The largest absolute Gasteiger partial charge is 0.338 e. The third-order valence-electron chi connectivity index (χ3n) is 4.59. The van der Waals surface area contributed by atoms with Gasteiger partial charge in [-0.15, -0.1) is 0 Å². The fourth-order valence-corrected chi connectivity index (χ4v) is 3.36. The molecule has 2 atom stereocenters. The number of carbonyl (C=O) groups excluding carboxylic acids is 1. The first-order chi connectivity index (χ1) is 9.68. The maximum atomic E-state index is 12.8. The van der Waals surface area contributed by atoms with E-state index in [4.69, 9.17) is 0 Å². The number of hydrogen-bond acceptors (Lipinski definition) is 2. The predicted molar refractivity (Wildman–Crippen MR) is 79.6 cm³/mol. The lowest BCUT2D eigenvalue weighted by atomic mass is 9.85. The number of carbonyl (C=O) groups is 1. The van der Waals surface area contributed by atoms with E-state index in [0.717, 1.165) is 22.9 Å². The van der Waals surface area contributed by atoms with Crippen LogP contribution in [0.5, 0.6) is 0 Å². The first-order valence-corrected chi connectivity index (χ1v) is 7.37. The summed E-state index contributed by atoms with van der Waals surface area (Å²) in [5.74, 6) is 0.678. The molecule has 106 valence electrons. The first-order valence-electron chi connectivity index (χ1n) is 7.37. The van der Waals surface area contributed by atoms with E-state index in [9.17, 15) is 4.79 Å². The van der Waals surface area contributed by atoms with Gasteiger partial charge in [-0.3, -0.25) is 9.89 Å². The minimum absolute atomic E-state index is 0.0959. The number of benzene rings is 1. The van der Waals surface area contributed by atoms with Gasteiger partial charge in [-0.25, -0.2) is 0 Å². The minimum atomic E-state index is 0.0959. The third kappa shape index (κ3) is 2.19. The van der Waals surface area contributed by atoms with Gasteiger partial charge in [0.05, 0.1) is 17.3 Å². The lowest BCUT2D eigenvalue weighted by Crippen LogP contribution is -2.42. The van der Waals surface area contributed by atoms with Crippen molar-refractivity contribution in [1.29, 1.82) is 0 Å². The Morgan fingerprint density at radius 1 is 1.35 bits per heavy atom. The van der Waals surface area contributed by atoms with Gasteiger partial charge in [0.2, 0.25) is 0 Å². The van der Waals surface area contributed by atoms with Gasteiger partial charge in [0.25, 0.3) is 5.91 Å². The topological polar surface area (TPSA) is 49.0 Å². The first kappa shape index (κ1) is 13.2. The van der Waals surface area contributed by atoms with Crippen LogP contribution in [0.1, 0.15) is 43.0 Å². The standard InChI is InChI=1S/C16H21N3O/c1-11-6-3-4-9-14(11)19(2)16(20)13-8-5-7-12-10-17-18-15(12)13/h5,7-8,10-11,14H,3-4,6,9H2,1-2H3,(H,17,18)/t11-,14+/m1/s1. The van der Waals surface area contributed by atoms with Crippen molar-refractivity contribution < 1.29 is 4.79 Å². The molecule has 4 nitrogen and oxygen atoms in total. The zero-order valence-corrected chi connectivity index (χ0v) is 12.1. The highest BCUT2D eigenvalue weighted by molar-refractivity contribution is 6.05. The normalized spacial score (nSPS) is 22.9. The molecule has 2 aromatic rings. The highest BCUT2D eigenvalue weighted by Crippen LogP contribution is 2.29. The van der Waals surface area contributed by atoms with Gasteiger partial charge in [-0.2, -0.15) is 5.10 Å². The Morgan fingerprint density at radius 2 is 2.15 bits per heavy atom. The molecule has 1 aromatic heterocycles. The Balaban J connectivity index is 1.89. The molecule has 1 aliphatic rings. The molecular formula is C16H21N3O. The number of hydrogen-bond donors (Lipinski definition) is 1. The van der Waals surface area contributed by atoms with Gasteiger partial charge in [0, 0.05) is 18.5 Å². The van der Waals surface area contributed by atoms with E-state index in [1.165, 1.54) is 19.3 Å². The number of H-pyrrole nitrogens is 1. The van der Waals surface area contributed by atoms with Crippen LogP contribution in [0.25, 0.3) is 10.9 Å². The van der Waals surface area contributed by atoms with Crippen molar-refractivity contribution in [3.8, 4) is 0 Å². The van der Waals surface area contributed by atoms with Crippen molar-refractivity contribution in [2.75, 3.05) is 7.05 Å². The van der Waals surface area contributed by atoms with E-state index >= 15 is 0 Å². The summed E-state index contributed by atoms with van der Waals surface area (Å²) in [7, 11) is 1.93. The molecule has 1 heterocycles. The summed E-state index contributed by atoms with van der Waals surface area (Å²) in [5.41, 5.74) is 1.56. The Bertz CT molecular complexity index is 619. The van der Waals surface area contributed by atoms with Crippen LogP contribution in [0.2, 0.25) is 0 Å². The zero-order chi connectivity index (χ0) is 14.1. The van der Waals surface area contributed by atoms with Crippen LogP contribution < -0.4 is 0 Å². The number of amides is 1. The number of fused-ring (bicyclic) bond motifs is 1. The summed E-state index contributed by atoms with van der Waals surface area (Å²) in [6.07, 6.45) is 6.60. The molecule has 20 heavy (non-hydrogen) atoms. The van der Waals surface area contributed by atoms with Crippen LogP contribution in [-0.4, -0.2) is 34.1 Å². The van der Waals surface area contributed by atoms with Crippen molar-refractivity contribution >= 4 is 16.8 Å². The number of aromatic amines is 1. The second kappa shape index (κ2) is 5.27. The Labute approximate surface area is 119 Å². The SMILES string of the molecule is C[C@@H]1CCCC[C@@H]1N(C)C(=O)c1cccc2cn[nH]c12. The lowest BCUT2D eigenvalue weighted by Gasteiger charge is -2.36. The number of rotatable bonds is 2. The van der Waals surface area contributed by atoms with Crippen LogP contribution in [0.3, 0.4) is 0 Å². The van der Waals surface area contributed by atoms with E-state index in [1.54, 1.807) is 6.20 Å². The summed E-state index contributed by atoms with van der Waals surface area (Å²) in [6.45, 7) is 2.25. The van der Waals surface area contributed by atoms with E-state index < -0.39 is 0 Å². The molecule has 1 saturated carbocycles. The lowest BCUT2D eigenvalue weighted by molar-refractivity contribution is 0.0630. The zero-order valence-electron chi connectivity index (χ0n) is 12.1. The second-order valence-electron chi connectivity index (χ2n) is 5.88. The van der Waals surface area contributed by atoms with Gasteiger partial charge in [0.1, 0.15) is 0 Å². The average molecular weight is 271 g/mol. The summed E-state index contributed by atoms with van der Waals surface area (Å²) in [4.78, 5) is 14.7.